The lowest BCUT2D eigenvalue weighted by atomic mass is 10.1. The second-order valence-corrected chi connectivity index (χ2v) is 7.29. The van der Waals surface area contributed by atoms with Crippen LogP contribution in [0.4, 0.5) is 11.4 Å². The van der Waals surface area contributed by atoms with Crippen molar-refractivity contribution in [1.82, 2.24) is 0 Å². The van der Waals surface area contributed by atoms with Gasteiger partial charge in [-0.1, -0.05) is 30.7 Å². The number of carbonyl (C=O) groups is 3. The van der Waals surface area contributed by atoms with Gasteiger partial charge in [0.25, 0.3) is 5.91 Å². The third kappa shape index (κ3) is 4.97. The van der Waals surface area contributed by atoms with Crippen LogP contribution in [0.2, 0.25) is 5.02 Å². The Labute approximate surface area is 179 Å². The van der Waals surface area contributed by atoms with Crippen molar-refractivity contribution >= 4 is 40.8 Å². The summed E-state index contributed by atoms with van der Waals surface area (Å²) in [4.78, 5) is 38.2. The first-order chi connectivity index (χ1) is 14.4. The van der Waals surface area contributed by atoms with Gasteiger partial charge in [0.2, 0.25) is 5.91 Å². The van der Waals surface area contributed by atoms with Crippen LogP contribution in [0.1, 0.15) is 24.5 Å². The zero-order chi connectivity index (χ0) is 21.7. The number of nitrogens with zero attached hydrogens (tertiary/aromatic N) is 2. The van der Waals surface area contributed by atoms with Gasteiger partial charge in [-0.05, 0) is 42.3 Å². The summed E-state index contributed by atoms with van der Waals surface area (Å²) in [6.45, 7) is 1.79. The fourth-order valence-corrected chi connectivity index (χ4v) is 3.38. The van der Waals surface area contributed by atoms with Gasteiger partial charge in [0.05, 0.1) is 16.5 Å². The quantitative estimate of drug-likeness (QED) is 0.716. The van der Waals surface area contributed by atoms with Gasteiger partial charge < -0.3 is 15.0 Å². The highest BCUT2D eigenvalue weighted by Crippen LogP contribution is 2.26. The minimum Gasteiger partial charge on any atom is -0.455 e. The summed E-state index contributed by atoms with van der Waals surface area (Å²) < 4.78 is 5.09. The predicted octanol–water partition coefficient (Wildman–Crippen LogP) is 3.31. The average molecular weight is 426 g/mol. The molecule has 154 valence electrons. The van der Waals surface area contributed by atoms with Crippen LogP contribution in [-0.4, -0.2) is 30.9 Å². The van der Waals surface area contributed by atoms with E-state index in [1.807, 2.05) is 37.3 Å². The maximum absolute atomic E-state index is 12.3. The van der Waals surface area contributed by atoms with Gasteiger partial charge in [0.1, 0.15) is 6.07 Å². The molecule has 0 saturated carbocycles. The highest BCUT2D eigenvalue weighted by Gasteiger charge is 2.36. The lowest BCUT2D eigenvalue weighted by Gasteiger charge is -2.17. The molecule has 1 heterocycles. The molecule has 0 unspecified atom stereocenters. The molecule has 2 amide bonds. The molecular formula is C22H20ClN3O4. The Hall–Kier alpha value is -3.37. The van der Waals surface area contributed by atoms with Crippen molar-refractivity contribution in [3.63, 3.8) is 0 Å². The number of benzene rings is 2. The summed E-state index contributed by atoms with van der Waals surface area (Å²) in [5.41, 5.74) is 2.58. The molecule has 1 aliphatic heterocycles. The lowest BCUT2D eigenvalue weighted by molar-refractivity contribution is -0.151. The summed E-state index contributed by atoms with van der Waals surface area (Å²) in [5.74, 6) is -1.91. The van der Waals surface area contributed by atoms with E-state index >= 15 is 0 Å². The first-order valence-electron chi connectivity index (χ1n) is 9.46. The van der Waals surface area contributed by atoms with Crippen LogP contribution < -0.4 is 10.2 Å². The zero-order valence-electron chi connectivity index (χ0n) is 16.4. The number of amides is 2. The van der Waals surface area contributed by atoms with E-state index in [0.29, 0.717) is 11.3 Å². The Balaban J connectivity index is 1.52. The minimum absolute atomic E-state index is 0.0429. The van der Waals surface area contributed by atoms with Crippen LogP contribution in [0.5, 0.6) is 0 Å². The number of hydrogen-bond donors (Lipinski definition) is 1. The first kappa shape index (κ1) is 21.3. The van der Waals surface area contributed by atoms with E-state index in [0.717, 1.165) is 17.7 Å². The number of carbonyl (C=O) groups excluding carboxylic acids is 3. The number of aryl methyl sites for hydroxylation is 1. The largest absolute Gasteiger partial charge is 0.455 e. The standard InChI is InChI=1S/C22H20ClN3O4/c1-2-14-3-7-18(8-4-14)26-12-16(9-21(26)28)22(29)30-13-20(27)25-17-6-5-15(11-24)19(23)10-17/h3-8,10,16H,2,9,12-13H2,1H3,(H,25,27)/t16-/m1/s1. The van der Waals surface area contributed by atoms with E-state index in [1.54, 1.807) is 4.90 Å². The molecule has 1 N–H and O–H groups in total. The Bertz CT molecular complexity index is 1010. The van der Waals surface area contributed by atoms with Gasteiger partial charge >= 0.3 is 5.97 Å². The molecule has 1 fully saturated rings. The molecule has 3 rings (SSSR count). The molecule has 2 aromatic carbocycles. The molecule has 8 heteroatoms. The molecule has 1 atom stereocenters. The van der Waals surface area contributed by atoms with Crippen LogP contribution in [0, 0.1) is 17.2 Å². The number of esters is 1. The minimum atomic E-state index is -0.625. The number of hydrogen-bond acceptors (Lipinski definition) is 5. The maximum Gasteiger partial charge on any atom is 0.311 e. The van der Waals surface area contributed by atoms with E-state index < -0.39 is 24.4 Å². The summed E-state index contributed by atoms with van der Waals surface area (Å²) in [6.07, 6.45) is 0.946. The Morgan fingerprint density at radius 2 is 2.00 bits per heavy atom. The van der Waals surface area contributed by atoms with Gasteiger partial charge in [-0.15, -0.1) is 0 Å². The van der Waals surface area contributed by atoms with Crippen molar-refractivity contribution in [2.75, 3.05) is 23.4 Å². The van der Waals surface area contributed by atoms with Crippen molar-refractivity contribution < 1.29 is 19.1 Å². The summed E-state index contributed by atoms with van der Waals surface area (Å²) in [7, 11) is 0. The third-order valence-corrected chi connectivity index (χ3v) is 5.15. The molecule has 1 saturated heterocycles. The molecule has 1 aliphatic rings. The molecule has 0 spiro atoms. The van der Waals surface area contributed by atoms with Crippen LogP contribution >= 0.6 is 11.6 Å². The van der Waals surface area contributed by atoms with Crippen LogP contribution in [0.3, 0.4) is 0 Å². The van der Waals surface area contributed by atoms with Gasteiger partial charge in [0, 0.05) is 24.3 Å². The summed E-state index contributed by atoms with van der Waals surface area (Å²) in [6, 6.07) is 14.0. The zero-order valence-corrected chi connectivity index (χ0v) is 17.1. The Morgan fingerprint density at radius 1 is 1.27 bits per heavy atom. The topological polar surface area (TPSA) is 99.5 Å². The molecule has 0 aliphatic carbocycles. The van der Waals surface area contributed by atoms with E-state index in [2.05, 4.69) is 5.32 Å². The molecule has 0 bridgehead atoms. The van der Waals surface area contributed by atoms with E-state index in [9.17, 15) is 14.4 Å². The van der Waals surface area contributed by atoms with Gasteiger partial charge in [-0.3, -0.25) is 14.4 Å². The van der Waals surface area contributed by atoms with Crippen molar-refractivity contribution in [3.05, 3.63) is 58.6 Å². The number of nitriles is 1. The first-order valence-corrected chi connectivity index (χ1v) is 9.84. The van der Waals surface area contributed by atoms with Crippen molar-refractivity contribution in [2.45, 2.75) is 19.8 Å². The van der Waals surface area contributed by atoms with Crippen molar-refractivity contribution in [2.24, 2.45) is 5.92 Å². The molecule has 7 nitrogen and oxygen atoms in total. The van der Waals surface area contributed by atoms with E-state index in [-0.39, 0.29) is 23.9 Å². The summed E-state index contributed by atoms with van der Waals surface area (Å²) in [5, 5.41) is 11.6. The molecule has 0 aromatic heterocycles. The van der Waals surface area contributed by atoms with Gasteiger partial charge in [-0.2, -0.15) is 5.26 Å². The highest BCUT2D eigenvalue weighted by molar-refractivity contribution is 6.32. The number of ether oxygens (including phenoxy) is 1. The molecular weight excluding hydrogens is 406 g/mol. The van der Waals surface area contributed by atoms with Gasteiger partial charge in [0.15, 0.2) is 6.61 Å². The third-order valence-electron chi connectivity index (χ3n) is 4.83. The van der Waals surface area contributed by atoms with Crippen LogP contribution in [0.25, 0.3) is 0 Å². The molecule has 0 radical (unpaired) electrons. The monoisotopic (exact) mass is 425 g/mol. The SMILES string of the molecule is CCc1ccc(N2C[C@H](C(=O)OCC(=O)Nc3ccc(C#N)c(Cl)c3)CC2=O)cc1. The van der Waals surface area contributed by atoms with Gasteiger partial charge in [-0.25, -0.2) is 0 Å². The smallest absolute Gasteiger partial charge is 0.311 e. The fraction of sp³-hybridized carbons (Fsp3) is 0.273. The maximum atomic E-state index is 12.3. The number of rotatable bonds is 6. The normalized spacial score (nSPS) is 15.6. The summed E-state index contributed by atoms with van der Waals surface area (Å²) >= 11 is 5.93. The van der Waals surface area contributed by atoms with Crippen LogP contribution in [0.15, 0.2) is 42.5 Å². The predicted molar refractivity (Wildman–Crippen MR) is 112 cm³/mol. The van der Waals surface area contributed by atoms with Crippen molar-refractivity contribution in [3.8, 4) is 6.07 Å². The Kier molecular flexibility index (Phi) is 6.70. The van der Waals surface area contributed by atoms with Crippen molar-refractivity contribution in [1.29, 1.82) is 5.26 Å². The second kappa shape index (κ2) is 9.42. The fourth-order valence-electron chi connectivity index (χ4n) is 3.16. The Morgan fingerprint density at radius 3 is 2.63 bits per heavy atom. The molecule has 30 heavy (non-hydrogen) atoms. The lowest BCUT2D eigenvalue weighted by Crippen LogP contribution is -2.28. The average Bonchev–Trinajstić information content (AvgIpc) is 3.14. The number of nitrogens with one attached hydrogen (secondary N) is 1. The van der Waals surface area contributed by atoms with E-state index in [1.165, 1.54) is 18.2 Å². The number of anilines is 2. The van der Waals surface area contributed by atoms with Crippen LogP contribution in [-0.2, 0) is 25.5 Å². The number of halogens is 1. The van der Waals surface area contributed by atoms with E-state index in [4.69, 9.17) is 21.6 Å². The second-order valence-electron chi connectivity index (χ2n) is 6.89. The molecule has 2 aromatic rings. The highest BCUT2D eigenvalue weighted by atomic mass is 35.5.